The number of fused-ring (bicyclic) bond motifs is 1. The Bertz CT molecular complexity index is 1320. The minimum absolute atomic E-state index is 0. The molecule has 0 aliphatic rings. The van der Waals surface area contributed by atoms with Crippen LogP contribution in [0.2, 0.25) is 0 Å². The molecule has 0 fully saturated rings. The van der Waals surface area contributed by atoms with Gasteiger partial charge in [0, 0.05) is 53.5 Å². The standard InChI is InChI=1S/C26H27N5O3.2CH4/c1-4-26(32)31-22-13-17(23(33-3)15-24(22)34-12-11-27-2)14-25-28-10-9-21(30-25)19-16-29-20-8-6-5-7-18(19)20;;/h4-10,13,15-16,27,29H,1,11-12,14H2,2-3H3,(H,31,32);2*1H4. The van der Waals surface area contributed by atoms with Crippen LogP contribution in [0.3, 0.4) is 0 Å². The van der Waals surface area contributed by atoms with E-state index in [0.29, 0.717) is 42.6 Å². The number of nitrogens with zero attached hydrogens (tertiary/aromatic N) is 2. The van der Waals surface area contributed by atoms with Gasteiger partial charge in [0.25, 0.3) is 0 Å². The molecule has 1 amide bonds. The van der Waals surface area contributed by atoms with Gasteiger partial charge in [0.15, 0.2) is 0 Å². The van der Waals surface area contributed by atoms with E-state index in [4.69, 9.17) is 14.5 Å². The predicted molar refractivity (Wildman–Crippen MR) is 147 cm³/mol. The third-order valence-electron chi connectivity index (χ3n) is 5.35. The molecule has 36 heavy (non-hydrogen) atoms. The van der Waals surface area contributed by atoms with Crippen molar-refractivity contribution in [3.05, 3.63) is 78.9 Å². The number of carbonyl (C=O) groups excluding carboxylic acids is 1. The highest BCUT2D eigenvalue weighted by molar-refractivity contribution is 6.00. The molecule has 2 aromatic heterocycles. The van der Waals surface area contributed by atoms with Crippen LogP contribution in [0.25, 0.3) is 22.2 Å². The van der Waals surface area contributed by atoms with E-state index in [1.54, 1.807) is 19.4 Å². The molecule has 0 unspecified atom stereocenters. The highest BCUT2D eigenvalue weighted by Crippen LogP contribution is 2.35. The van der Waals surface area contributed by atoms with E-state index in [9.17, 15) is 4.79 Å². The first kappa shape index (κ1) is 28.1. The van der Waals surface area contributed by atoms with Crippen molar-refractivity contribution in [3.8, 4) is 22.8 Å². The number of hydrogen-bond donors (Lipinski definition) is 3. The Morgan fingerprint density at radius 3 is 2.72 bits per heavy atom. The van der Waals surface area contributed by atoms with Crippen LogP contribution in [0.5, 0.6) is 11.5 Å². The lowest BCUT2D eigenvalue weighted by Crippen LogP contribution is -2.17. The Balaban J connectivity index is 0.00000228. The highest BCUT2D eigenvalue weighted by Gasteiger charge is 2.16. The topological polar surface area (TPSA) is 101 Å². The summed E-state index contributed by atoms with van der Waals surface area (Å²) < 4.78 is 11.5. The number of H-pyrrole nitrogens is 1. The summed E-state index contributed by atoms with van der Waals surface area (Å²) in [6.07, 6.45) is 5.33. The van der Waals surface area contributed by atoms with Gasteiger partial charge in [-0.3, -0.25) is 4.79 Å². The molecule has 190 valence electrons. The number of anilines is 1. The van der Waals surface area contributed by atoms with Crippen LogP contribution < -0.4 is 20.1 Å². The van der Waals surface area contributed by atoms with Crippen molar-refractivity contribution in [1.29, 1.82) is 0 Å². The summed E-state index contributed by atoms with van der Waals surface area (Å²) in [5, 5.41) is 6.95. The monoisotopic (exact) mass is 489 g/mol. The van der Waals surface area contributed by atoms with Gasteiger partial charge in [0.05, 0.1) is 18.5 Å². The molecule has 8 nitrogen and oxygen atoms in total. The van der Waals surface area contributed by atoms with Gasteiger partial charge in [-0.05, 0) is 31.3 Å². The number of likely N-dealkylation sites (N-methyl/N-ethyl adjacent to an activating group) is 1. The summed E-state index contributed by atoms with van der Waals surface area (Å²) in [7, 11) is 3.44. The second-order valence-corrected chi connectivity index (χ2v) is 7.59. The lowest BCUT2D eigenvalue weighted by Gasteiger charge is -2.16. The van der Waals surface area contributed by atoms with Crippen molar-refractivity contribution in [2.45, 2.75) is 21.3 Å². The lowest BCUT2D eigenvalue weighted by atomic mass is 10.1. The van der Waals surface area contributed by atoms with Crippen molar-refractivity contribution < 1.29 is 14.3 Å². The minimum Gasteiger partial charge on any atom is -0.496 e. The molecule has 3 N–H and O–H groups in total. The molecule has 0 atom stereocenters. The predicted octanol–water partition coefficient (Wildman–Crippen LogP) is 5.22. The van der Waals surface area contributed by atoms with Crippen LogP contribution in [-0.4, -0.2) is 48.2 Å². The maximum Gasteiger partial charge on any atom is 0.247 e. The number of benzene rings is 2. The lowest BCUT2D eigenvalue weighted by molar-refractivity contribution is -0.111. The molecule has 2 heterocycles. The zero-order chi connectivity index (χ0) is 23.9. The summed E-state index contributed by atoms with van der Waals surface area (Å²) in [6, 6.07) is 13.6. The Hall–Kier alpha value is -4.17. The van der Waals surface area contributed by atoms with E-state index in [1.165, 1.54) is 6.08 Å². The smallest absolute Gasteiger partial charge is 0.247 e. The van der Waals surface area contributed by atoms with Crippen molar-refractivity contribution in [2.75, 3.05) is 32.6 Å². The number of methoxy groups -OCH3 is 1. The van der Waals surface area contributed by atoms with E-state index in [1.807, 2.05) is 43.6 Å². The summed E-state index contributed by atoms with van der Waals surface area (Å²) in [5.74, 6) is 1.44. The Kier molecular flexibility index (Phi) is 10.2. The number of para-hydroxylation sites is 1. The van der Waals surface area contributed by atoms with Gasteiger partial charge in [0.1, 0.15) is 23.9 Å². The van der Waals surface area contributed by atoms with Crippen LogP contribution in [0.4, 0.5) is 5.69 Å². The molecule has 0 radical (unpaired) electrons. The van der Waals surface area contributed by atoms with Crippen LogP contribution in [-0.2, 0) is 11.2 Å². The fourth-order valence-corrected chi connectivity index (χ4v) is 3.69. The fraction of sp³-hybridized carbons (Fsp3) is 0.250. The fourth-order valence-electron chi connectivity index (χ4n) is 3.69. The van der Waals surface area contributed by atoms with Crippen LogP contribution in [0.1, 0.15) is 26.2 Å². The number of amides is 1. The molecule has 0 spiro atoms. The molecular weight excluding hydrogens is 454 g/mol. The molecule has 4 aromatic rings. The zero-order valence-electron chi connectivity index (χ0n) is 19.2. The van der Waals surface area contributed by atoms with E-state index in [2.05, 4.69) is 33.2 Å². The highest BCUT2D eigenvalue weighted by atomic mass is 16.5. The van der Waals surface area contributed by atoms with Crippen molar-refractivity contribution >= 4 is 22.5 Å². The number of carbonyl (C=O) groups is 1. The van der Waals surface area contributed by atoms with Crippen molar-refractivity contribution in [3.63, 3.8) is 0 Å². The largest absolute Gasteiger partial charge is 0.496 e. The van der Waals surface area contributed by atoms with Gasteiger partial charge in [-0.2, -0.15) is 0 Å². The van der Waals surface area contributed by atoms with Gasteiger partial charge >= 0.3 is 0 Å². The number of aromatic amines is 1. The molecule has 2 aromatic carbocycles. The number of hydrogen-bond acceptors (Lipinski definition) is 6. The molecule has 0 aliphatic heterocycles. The maximum absolute atomic E-state index is 12.0. The minimum atomic E-state index is -0.327. The van der Waals surface area contributed by atoms with Crippen LogP contribution in [0.15, 0.2) is 67.5 Å². The summed E-state index contributed by atoms with van der Waals surface area (Å²) in [4.78, 5) is 24.6. The first-order valence-corrected chi connectivity index (χ1v) is 10.9. The first-order valence-electron chi connectivity index (χ1n) is 10.9. The van der Waals surface area contributed by atoms with E-state index in [0.717, 1.165) is 27.7 Å². The Morgan fingerprint density at radius 2 is 1.97 bits per heavy atom. The average Bonchev–Trinajstić information content (AvgIpc) is 3.29. The Morgan fingerprint density at radius 1 is 1.17 bits per heavy atom. The van der Waals surface area contributed by atoms with Crippen LogP contribution in [0, 0.1) is 0 Å². The Labute approximate surface area is 212 Å². The normalized spacial score (nSPS) is 10.2. The SMILES string of the molecule is C.C.C=CC(=O)Nc1cc(Cc2nccc(-c3c[nH]c4ccccc34)n2)c(OC)cc1OCCNC. The van der Waals surface area contributed by atoms with E-state index < -0.39 is 0 Å². The molecule has 0 saturated carbocycles. The maximum atomic E-state index is 12.0. The number of ether oxygens (including phenoxy) is 2. The summed E-state index contributed by atoms with van der Waals surface area (Å²) in [6.45, 7) is 4.63. The molecular formula is C28H35N5O3. The number of rotatable bonds is 10. The van der Waals surface area contributed by atoms with Gasteiger partial charge in [-0.25, -0.2) is 9.97 Å². The second kappa shape index (κ2) is 13.1. The number of aromatic nitrogens is 3. The van der Waals surface area contributed by atoms with E-state index >= 15 is 0 Å². The molecule has 0 saturated heterocycles. The second-order valence-electron chi connectivity index (χ2n) is 7.59. The van der Waals surface area contributed by atoms with Gasteiger partial charge < -0.3 is 25.1 Å². The molecule has 0 bridgehead atoms. The quantitative estimate of drug-likeness (QED) is 0.209. The molecule has 8 heteroatoms. The first-order chi connectivity index (χ1) is 16.6. The molecule has 4 rings (SSSR count). The average molecular weight is 490 g/mol. The number of nitrogens with one attached hydrogen (secondary N) is 3. The molecule has 0 aliphatic carbocycles. The third-order valence-corrected chi connectivity index (χ3v) is 5.35. The third kappa shape index (κ3) is 6.28. The zero-order valence-corrected chi connectivity index (χ0v) is 19.2. The van der Waals surface area contributed by atoms with Crippen molar-refractivity contribution in [1.82, 2.24) is 20.3 Å². The summed E-state index contributed by atoms with van der Waals surface area (Å²) >= 11 is 0. The van der Waals surface area contributed by atoms with Gasteiger partial charge in [-0.15, -0.1) is 0 Å². The van der Waals surface area contributed by atoms with Crippen molar-refractivity contribution in [2.24, 2.45) is 0 Å². The summed E-state index contributed by atoms with van der Waals surface area (Å²) in [5.41, 5.74) is 4.24. The van der Waals surface area contributed by atoms with E-state index in [-0.39, 0.29) is 20.8 Å². The van der Waals surface area contributed by atoms with Gasteiger partial charge in [0.2, 0.25) is 5.91 Å². The van der Waals surface area contributed by atoms with Gasteiger partial charge in [-0.1, -0.05) is 39.6 Å². The van der Waals surface area contributed by atoms with Crippen LogP contribution >= 0.6 is 0 Å².